The van der Waals surface area contributed by atoms with Crippen LogP contribution >= 0.6 is 0 Å². The van der Waals surface area contributed by atoms with Gasteiger partial charge < -0.3 is 0 Å². The first kappa shape index (κ1) is 8.94. The van der Waals surface area contributed by atoms with Gasteiger partial charge in [0, 0.05) is 17.5 Å². The highest BCUT2D eigenvalue weighted by Crippen LogP contribution is 2.03. The molecule has 3 nitrogen and oxygen atoms in total. The van der Waals surface area contributed by atoms with Gasteiger partial charge in [-0.15, -0.1) is 0 Å². The molecule has 2 aromatic rings. The van der Waals surface area contributed by atoms with Gasteiger partial charge in [-0.1, -0.05) is 13.0 Å². The molecule has 3 heteroatoms. The van der Waals surface area contributed by atoms with Crippen LogP contribution in [-0.4, -0.2) is 9.38 Å². The first-order chi connectivity index (χ1) is 6.72. The monoisotopic (exact) mass is 188 g/mol. The van der Waals surface area contributed by atoms with Gasteiger partial charge in [0.2, 0.25) is 0 Å². The summed E-state index contributed by atoms with van der Waals surface area (Å²) in [7, 11) is 0. The minimum atomic E-state index is 0.00458. The van der Waals surface area contributed by atoms with E-state index in [4.69, 9.17) is 0 Å². The minimum absolute atomic E-state index is 0.00458. The predicted octanol–water partition coefficient (Wildman–Crippen LogP) is 1.57. The van der Waals surface area contributed by atoms with Crippen LogP contribution in [0.3, 0.4) is 0 Å². The molecule has 72 valence electrons. The van der Waals surface area contributed by atoms with E-state index in [9.17, 15) is 4.79 Å². The smallest absolute Gasteiger partial charge is 0.258 e. The van der Waals surface area contributed by atoms with Crippen molar-refractivity contribution in [1.82, 2.24) is 9.38 Å². The van der Waals surface area contributed by atoms with Gasteiger partial charge in [0.15, 0.2) is 0 Å². The van der Waals surface area contributed by atoms with Gasteiger partial charge in [0.05, 0.1) is 0 Å². The zero-order valence-electron chi connectivity index (χ0n) is 8.32. The maximum absolute atomic E-state index is 11.7. The lowest BCUT2D eigenvalue weighted by molar-refractivity contribution is 0.914. The molecule has 0 unspecified atom stereocenters. The Morgan fingerprint density at radius 1 is 1.43 bits per heavy atom. The van der Waals surface area contributed by atoms with Gasteiger partial charge in [-0.3, -0.25) is 9.20 Å². The molecule has 0 aromatic carbocycles. The molecule has 0 atom stereocenters. The summed E-state index contributed by atoms with van der Waals surface area (Å²) in [6.07, 6.45) is 0.835. The molecule has 0 amide bonds. The summed E-state index contributed by atoms with van der Waals surface area (Å²) < 4.78 is 1.66. The van der Waals surface area contributed by atoms with Crippen molar-refractivity contribution < 1.29 is 0 Å². The third-order valence-corrected chi connectivity index (χ3v) is 2.26. The highest BCUT2D eigenvalue weighted by Gasteiger charge is 2.01. The van der Waals surface area contributed by atoms with Crippen molar-refractivity contribution in [3.63, 3.8) is 0 Å². The summed E-state index contributed by atoms with van der Waals surface area (Å²) >= 11 is 0. The molecule has 14 heavy (non-hydrogen) atoms. The Morgan fingerprint density at radius 3 is 2.93 bits per heavy atom. The Kier molecular flexibility index (Phi) is 2.08. The Hall–Kier alpha value is -1.64. The number of aromatic nitrogens is 2. The molecular weight excluding hydrogens is 176 g/mol. The van der Waals surface area contributed by atoms with Crippen LogP contribution < -0.4 is 5.56 Å². The Balaban J connectivity index is 2.94. The van der Waals surface area contributed by atoms with Gasteiger partial charge in [-0.05, 0) is 25.5 Å². The van der Waals surface area contributed by atoms with E-state index in [1.807, 2.05) is 32.0 Å². The van der Waals surface area contributed by atoms with Crippen LogP contribution in [0.25, 0.3) is 5.65 Å². The zero-order chi connectivity index (χ0) is 10.1. The summed E-state index contributed by atoms with van der Waals surface area (Å²) in [6.45, 7) is 3.86. The predicted molar refractivity (Wildman–Crippen MR) is 55.6 cm³/mol. The molecule has 0 bridgehead atoms. The standard InChI is InChI=1S/C11H12N2O/c1-3-9-5-4-6-10-12-8(2)7-11(14)13(9)10/h4-7H,3H2,1-2H3. The molecule has 0 aliphatic heterocycles. The van der Waals surface area contributed by atoms with Gasteiger partial charge in [-0.25, -0.2) is 4.98 Å². The van der Waals surface area contributed by atoms with Gasteiger partial charge in [0.1, 0.15) is 5.65 Å². The number of hydrogen-bond acceptors (Lipinski definition) is 2. The molecule has 2 rings (SSSR count). The number of rotatable bonds is 1. The molecule has 2 aromatic heterocycles. The zero-order valence-corrected chi connectivity index (χ0v) is 8.32. The Labute approximate surface area is 82.0 Å². The second-order valence-electron chi connectivity index (χ2n) is 3.30. The van der Waals surface area contributed by atoms with Gasteiger partial charge in [0.25, 0.3) is 5.56 Å². The SMILES string of the molecule is CCc1cccc2nc(C)cc(=O)n12. The van der Waals surface area contributed by atoms with Crippen molar-refractivity contribution >= 4 is 5.65 Å². The van der Waals surface area contributed by atoms with Crippen molar-refractivity contribution in [1.29, 1.82) is 0 Å². The average molecular weight is 188 g/mol. The summed E-state index contributed by atoms with van der Waals surface area (Å²) in [4.78, 5) is 16.0. The second kappa shape index (κ2) is 3.25. The van der Waals surface area contributed by atoms with Crippen molar-refractivity contribution in [2.75, 3.05) is 0 Å². The van der Waals surface area contributed by atoms with E-state index in [-0.39, 0.29) is 5.56 Å². The third kappa shape index (κ3) is 1.31. The molecule has 0 fully saturated rings. The topological polar surface area (TPSA) is 34.4 Å². The van der Waals surface area contributed by atoms with E-state index in [0.717, 1.165) is 23.5 Å². The summed E-state index contributed by atoms with van der Waals surface area (Å²) in [5, 5.41) is 0. The number of pyridine rings is 1. The van der Waals surface area contributed by atoms with E-state index in [1.54, 1.807) is 10.5 Å². The fourth-order valence-corrected chi connectivity index (χ4v) is 1.62. The molecule has 0 aliphatic rings. The lowest BCUT2D eigenvalue weighted by atomic mass is 10.3. The van der Waals surface area contributed by atoms with Crippen LogP contribution in [0, 0.1) is 6.92 Å². The molecular formula is C11H12N2O. The molecule has 2 heterocycles. The van der Waals surface area contributed by atoms with Crippen LogP contribution in [0.1, 0.15) is 18.3 Å². The molecule has 0 spiro atoms. The lowest BCUT2D eigenvalue weighted by Gasteiger charge is -2.05. The fraction of sp³-hybridized carbons (Fsp3) is 0.273. The van der Waals surface area contributed by atoms with E-state index in [1.165, 1.54) is 0 Å². The van der Waals surface area contributed by atoms with Crippen LogP contribution in [-0.2, 0) is 6.42 Å². The highest BCUT2D eigenvalue weighted by atomic mass is 16.1. The third-order valence-electron chi connectivity index (χ3n) is 2.26. The fourth-order valence-electron chi connectivity index (χ4n) is 1.62. The van der Waals surface area contributed by atoms with E-state index in [0.29, 0.717) is 0 Å². The van der Waals surface area contributed by atoms with Crippen molar-refractivity contribution in [2.24, 2.45) is 0 Å². The molecule has 0 saturated carbocycles. The number of hydrogen-bond donors (Lipinski definition) is 0. The quantitative estimate of drug-likeness (QED) is 0.680. The highest BCUT2D eigenvalue weighted by molar-refractivity contribution is 5.40. The minimum Gasteiger partial charge on any atom is -0.269 e. The van der Waals surface area contributed by atoms with E-state index >= 15 is 0 Å². The normalized spacial score (nSPS) is 10.7. The molecule has 0 aliphatic carbocycles. The van der Waals surface area contributed by atoms with E-state index < -0.39 is 0 Å². The second-order valence-corrected chi connectivity index (χ2v) is 3.30. The summed E-state index contributed by atoms with van der Waals surface area (Å²) in [5.41, 5.74) is 2.50. The van der Waals surface area contributed by atoms with Crippen LogP contribution in [0.15, 0.2) is 29.1 Å². The van der Waals surface area contributed by atoms with Crippen molar-refractivity contribution in [2.45, 2.75) is 20.3 Å². The average Bonchev–Trinajstić information content (AvgIpc) is 2.16. The van der Waals surface area contributed by atoms with Crippen LogP contribution in [0.5, 0.6) is 0 Å². The Morgan fingerprint density at radius 2 is 2.21 bits per heavy atom. The lowest BCUT2D eigenvalue weighted by Crippen LogP contribution is -2.17. The van der Waals surface area contributed by atoms with E-state index in [2.05, 4.69) is 4.98 Å². The first-order valence-corrected chi connectivity index (χ1v) is 4.70. The number of nitrogens with zero attached hydrogens (tertiary/aromatic N) is 2. The number of fused-ring (bicyclic) bond motifs is 1. The maximum Gasteiger partial charge on any atom is 0.258 e. The Bertz CT molecular complexity index is 528. The van der Waals surface area contributed by atoms with Gasteiger partial charge >= 0.3 is 0 Å². The summed E-state index contributed by atoms with van der Waals surface area (Å²) in [6, 6.07) is 7.30. The summed E-state index contributed by atoms with van der Waals surface area (Å²) in [5.74, 6) is 0. The molecule has 0 N–H and O–H groups in total. The largest absolute Gasteiger partial charge is 0.269 e. The molecule has 0 saturated heterocycles. The van der Waals surface area contributed by atoms with Crippen LogP contribution in [0.4, 0.5) is 0 Å². The molecule has 0 radical (unpaired) electrons. The van der Waals surface area contributed by atoms with Crippen molar-refractivity contribution in [3.8, 4) is 0 Å². The van der Waals surface area contributed by atoms with Gasteiger partial charge in [-0.2, -0.15) is 0 Å². The van der Waals surface area contributed by atoms with Crippen molar-refractivity contribution in [3.05, 3.63) is 46.0 Å². The first-order valence-electron chi connectivity index (χ1n) is 4.70. The maximum atomic E-state index is 11.7. The number of aryl methyl sites for hydroxylation is 2. The van der Waals surface area contributed by atoms with Crippen LogP contribution in [0.2, 0.25) is 0 Å².